The number of fused-ring (bicyclic) bond motifs is 1. The van der Waals surface area contributed by atoms with Crippen molar-refractivity contribution >= 4 is 24.0 Å². The van der Waals surface area contributed by atoms with Crippen molar-refractivity contribution in [1.29, 1.82) is 0 Å². The number of halogens is 2. The SMILES string of the molecule is CN1C(=O)[C@@H](NC(=O)C(N)=NC=NCc2ccccc2)CC[C@H]2[C@@H]1C2(F)F. The summed E-state index contributed by atoms with van der Waals surface area (Å²) in [4.78, 5) is 33.3. The Kier molecular flexibility index (Phi) is 5.20. The molecule has 144 valence electrons. The number of aliphatic imine (C=N–C) groups is 2. The van der Waals surface area contributed by atoms with E-state index in [-0.39, 0.29) is 18.7 Å². The summed E-state index contributed by atoms with van der Waals surface area (Å²) in [6.45, 7) is 0.391. The third kappa shape index (κ3) is 3.96. The van der Waals surface area contributed by atoms with Crippen LogP contribution in [0.3, 0.4) is 0 Å². The fourth-order valence-electron chi connectivity index (χ4n) is 3.36. The van der Waals surface area contributed by atoms with Gasteiger partial charge in [0.25, 0.3) is 11.8 Å². The molecule has 1 heterocycles. The van der Waals surface area contributed by atoms with Crippen molar-refractivity contribution in [2.75, 3.05) is 7.05 Å². The highest BCUT2D eigenvalue weighted by atomic mass is 19.3. The molecule has 1 aromatic carbocycles. The standard InChI is InChI=1S/C18H21F2N5O2/c1-25-14-12(18(14,19)20)7-8-13(17(25)27)24-16(26)15(21)23-10-22-9-11-5-3-2-4-6-11/h2-6,10,12-14H,7-9H2,1H3,(H,24,26)(H2,21,22,23)/t12-,13-,14+/m0/s1. The number of nitrogens with one attached hydrogen (secondary N) is 1. The molecule has 9 heteroatoms. The van der Waals surface area contributed by atoms with Crippen LogP contribution in [-0.4, -0.2) is 53.9 Å². The average Bonchev–Trinajstić information content (AvgIpc) is 3.24. The molecule has 7 nitrogen and oxygen atoms in total. The number of likely N-dealkylation sites (tertiary alicyclic amines) is 1. The predicted octanol–water partition coefficient (Wildman–Crippen LogP) is 0.943. The van der Waals surface area contributed by atoms with Gasteiger partial charge >= 0.3 is 0 Å². The van der Waals surface area contributed by atoms with Crippen LogP contribution in [0.15, 0.2) is 40.3 Å². The Labute approximate surface area is 155 Å². The Balaban J connectivity index is 1.54. The zero-order valence-corrected chi connectivity index (χ0v) is 14.8. The van der Waals surface area contributed by atoms with Crippen LogP contribution in [0.25, 0.3) is 0 Å². The topological polar surface area (TPSA) is 100 Å². The normalized spacial score (nSPS) is 27.2. The van der Waals surface area contributed by atoms with E-state index in [2.05, 4.69) is 15.3 Å². The first-order chi connectivity index (χ1) is 12.8. The number of rotatable bonds is 4. The van der Waals surface area contributed by atoms with Gasteiger partial charge in [-0.3, -0.25) is 14.6 Å². The van der Waals surface area contributed by atoms with Crippen LogP contribution >= 0.6 is 0 Å². The summed E-state index contributed by atoms with van der Waals surface area (Å²) < 4.78 is 27.2. The Morgan fingerprint density at radius 1 is 1.37 bits per heavy atom. The minimum absolute atomic E-state index is 0.140. The van der Waals surface area contributed by atoms with E-state index in [1.54, 1.807) is 0 Å². The lowest BCUT2D eigenvalue weighted by molar-refractivity contribution is -0.135. The Morgan fingerprint density at radius 2 is 2.07 bits per heavy atom. The van der Waals surface area contributed by atoms with Gasteiger partial charge in [0.1, 0.15) is 18.4 Å². The number of amidine groups is 1. The van der Waals surface area contributed by atoms with Crippen molar-refractivity contribution in [2.24, 2.45) is 21.6 Å². The van der Waals surface area contributed by atoms with E-state index in [9.17, 15) is 18.4 Å². The second kappa shape index (κ2) is 7.42. The van der Waals surface area contributed by atoms with E-state index in [1.807, 2.05) is 30.3 Å². The fourth-order valence-corrected chi connectivity index (χ4v) is 3.36. The lowest BCUT2D eigenvalue weighted by Crippen LogP contribution is -2.51. The number of carbonyl (C=O) groups excluding carboxylic acids is 2. The molecule has 1 aliphatic carbocycles. The number of carbonyl (C=O) groups is 2. The second-order valence-electron chi connectivity index (χ2n) is 6.73. The quantitative estimate of drug-likeness (QED) is 0.603. The number of hydrogen-bond acceptors (Lipinski definition) is 3. The average molecular weight is 377 g/mol. The highest BCUT2D eigenvalue weighted by Gasteiger charge is 2.71. The van der Waals surface area contributed by atoms with Crippen LogP contribution in [0.4, 0.5) is 8.78 Å². The van der Waals surface area contributed by atoms with E-state index in [1.165, 1.54) is 13.4 Å². The van der Waals surface area contributed by atoms with Crippen LogP contribution in [0.2, 0.25) is 0 Å². The molecule has 0 spiro atoms. The molecule has 0 unspecified atom stereocenters. The third-order valence-electron chi connectivity index (χ3n) is 4.92. The number of amides is 2. The molecule has 0 bridgehead atoms. The largest absolute Gasteiger partial charge is 0.379 e. The van der Waals surface area contributed by atoms with Crippen molar-refractivity contribution in [2.45, 2.75) is 37.4 Å². The van der Waals surface area contributed by atoms with Crippen molar-refractivity contribution in [3.8, 4) is 0 Å². The maximum Gasteiger partial charge on any atom is 0.287 e. The summed E-state index contributed by atoms with van der Waals surface area (Å²) in [5.74, 6) is -5.30. The number of hydrogen-bond donors (Lipinski definition) is 2. The van der Waals surface area contributed by atoms with Gasteiger partial charge in [0, 0.05) is 7.05 Å². The van der Waals surface area contributed by atoms with E-state index < -0.39 is 35.7 Å². The highest BCUT2D eigenvalue weighted by Crippen LogP contribution is 2.55. The van der Waals surface area contributed by atoms with Gasteiger partial charge in [-0.1, -0.05) is 30.3 Å². The lowest BCUT2D eigenvalue weighted by atomic mass is 10.1. The van der Waals surface area contributed by atoms with Crippen molar-refractivity contribution in [3.05, 3.63) is 35.9 Å². The molecule has 1 aliphatic heterocycles. The van der Waals surface area contributed by atoms with Gasteiger partial charge in [-0.2, -0.15) is 0 Å². The Morgan fingerprint density at radius 3 is 2.78 bits per heavy atom. The van der Waals surface area contributed by atoms with E-state index in [4.69, 9.17) is 5.73 Å². The maximum absolute atomic E-state index is 13.6. The molecule has 1 saturated carbocycles. The van der Waals surface area contributed by atoms with Crippen LogP contribution in [0, 0.1) is 5.92 Å². The molecule has 3 atom stereocenters. The minimum atomic E-state index is -2.84. The number of alkyl halides is 2. The van der Waals surface area contributed by atoms with Crippen molar-refractivity contribution in [3.63, 3.8) is 0 Å². The Bertz CT molecular complexity index is 781. The van der Waals surface area contributed by atoms with Crippen LogP contribution in [-0.2, 0) is 16.1 Å². The van der Waals surface area contributed by atoms with Gasteiger partial charge in [0.05, 0.1) is 12.5 Å². The maximum atomic E-state index is 13.6. The minimum Gasteiger partial charge on any atom is -0.379 e. The first-order valence-electron chi connectivity index (χ1n) is 8.63. The lowest BCUT2D eigenvalue weighted by Gasteiger charge is -2.22. The van der Waals surface area contributed by atoms with Crippen molar-refractivity contribution in [1.82, 2.24) is 10.2 Å². The monoisotopic (exact) mass is 377 g/mol. The number of nitrogens with two attached hydrogens (primary N) is 1. The molecule has 2 amide bonds. The highest BCUT2D eigenvalue weighted by molar-refractivity contribution is 6.38. The van der Waals surface area contributed by atoms with Gasteiger partial charge in [0.2, 0.25) is 5.91 Å². The van der Waals surface area contributed by atoms with Gasteiger partial charge in [-0.15, -0.1) is 0 Å². The molecule has 27 heavy (non-hydrogen) atoms. The zero-order valence-electron chi connectivity index (χ0n) is 14.8. The second-order valence-corrected chi connectivity index (χ2v) is 6.73. The van der Waals surface area contributed by atoms with Crippen LogP contribution < -0.4 is 11.1 Å². The molecular weight excluding hydrogens is 356 g/mol. The molecule has 0 radical (unpaired) electrons. The summed E-state index contributed by atoms with van der Waals surface area (Å²) in [6, 6.07) is 7.50. The number of nitrogens with zero attached hydrogens (tertiary/aromatic N) is 3. The van der Waals surface area contributed by atoms with E-state index in [0.717, 1.165) is 10.5 Å². The van der Waals surface area contributed by atoms with Gasteiger partial charge in [-0.25, -0.2) is 13.8 Å². The molecule has 3 N–H and O–H groups in total. The summed E-state index contributed by atoms with van der Waals surface area (Å²) in [5.41, 5.74) is 6.59. The van der Waals surface area contributed by atoms with E-state index >= 15 is 0 Å². The molecule has 1 aromatic rings. The summed E-state index contributed by atoms with van der Waals surface area (Å²) in [6.07, 6.45) is 1.48. The van der Waals surface area contributed by atoms with Gasteiger partial charge in [-0.05, 0) is 18.4 Å². The van der Waals surface area contributed by atoms with E-state index in [0.29, 0.717) is 6.54 Å². The first kappa shape index (κ1) is 18.9. The first-order valence-corrected chi connectivity index (χ1v) is 8.63. The summed E-state index contributed by atoms with van der Waals surface area (Å²) in [7, 11) is 1.33. The van der Waals surface area contributed by atoms with Crippen LogP contribution in [0.1, 0.15) is 18.4 Å². The molecule has 3 rings (SSSR count). The van der Waals surface area contributed by atoms with Crippen LogP contribution in [0.5, 0.6) is 0 Å². The van der Waals surface area contributed by atoms with Gasteiger partial charge < -0.3 is 16.0 Å². The van der Waals surface area contributed by atoms with Crippen molar-refractivity contribution < 1.29 is 18.4 Å². The summed E-state index contributed by atoms with van der Waals surface area (Å²) in [5, 5.41) is 2.47. The van der Waals surface area contributed by atoms with Gasteiger partial charge in [0.15, 0.2) is 5.84 Å². The summed E-state index contributed by atoms with van der Waals surface area (Å²) >= 11 is 0. The molecule has 0 aromatic heterocycles. The molecular formula is C18H21F2N5O2. The molecule has 2 aliphatic rings. The third-order valence-corrected chi connectivity index (χ3v) is 4.92. The molecule has 1 saturated heterocycles. The number of likely N-dealkylation sites (N-methyl/N-ethyl adjacent to an activating group) is 1. The number of benzene rings is 1. The Hall–Kier alpha value is -2.84. The zero-order chi connectivity index (χ0) is 19.6. The smallest absolute Gasteiger partial charge is 0.287 e. The fraction of sp³-hybridized carbons (Fsp3) is 0.444. The predicted molar refractivity (Wildman–Crippen MR) is 96.4 cm³/mol. The molecule has 2 fully saturated rings.